The van der Waals surface area contributed by atoms with Crippen LogP contribution in [0.5, 0.6) is 0 Å². The van der Waals surface area contributed by atoms with Crippen LogP contribution in [0.25, 0.3) is 0 Å². The molecule has 0 unspecified atom stereocenters. The van der Waals surface area contributed by atoms with Crippen LogP contribution in [0, 0.1) is 27.3 Å². The van der Waals surface area contributed by atoms with E-state index in [1.54, 1.807) is 6.07 Å². The molecule has 0 saturated carbocycles. The fraction of sp³-hybridized carbons (Fsp3) is 0. The lowest BCUT2D eigenvalue weighted by atomic mass is 10.2. The molecular weight excluding hydrogens is 243 g/mol. The number of hydrogen-bond donors (Lipinski definition) is 0. The lowest BCUT2D eigenvalue weighted by molar-refractivity contribution is -0.385. The van der Waals surface area contributed by atoms with Crippen LogP contribution in [-0.4, -0.2) is 4.92 Å². The Labute approximate surface area is 80.9 Å². The van der Waals surface area contributed by atoms with Crippen molar-refractivity contribution in [2.24, 2.45) is 0 Å². The number of rotatable bonds is 1. The first-order chi connectivity index (χ1) is 6.06. The van der Waals surface area contributed by atoms with Crippen molar-refractivity contribution in [2.75, 3.05) is 0 Å². The molecule has 0 aromatic heterocycles. The molecule has 1 rings (SSSR count). The summed E-state index contributed by atoms with van der Waals surface area (Å²) >= 11 is 2.85. The van der Waals surface area contributed by atoms with Crippen LogP contribution >= 0.6 is 15.9 Å². The van der Waals surface area contributed by atoms with Crippen LogP contribution in [0.3, 0.4) is 0 Å². The van der Waals surface area contributed by atoms with Crippen LogP contribution in [0.1, 0.15) is 5.56 Å². The second-order valence-corrected chi connectivity index (χ2v) is 2.95. The van der Waals surface area contributed by atoms with Crippen LogP contribution in [0.4, 0.5) is 10.1 Å². The Bertz CT molecular complexity index is 414. The molecule has 0 aliphatic heterocycles. The largest absolute Gasteiger partial charge is 0.287 e. The molecule has 0 radical (unpaired) electrons. The Morgan fingerprint density at radius 3 is 2.69 bits per heavy atom. The van der Waals surface area contributed by atoms with Crippen molar-refractivity contribution in [3.63, 3.8) is 0 Å². The predicted molar refractivity (Wildman–Crippen MR) is 45.5 cm³/mol. The van der Waals surface area contributed by atoms with Gasteiger partial charge in [0.15, 0.2) is 0 Å². The van der Waals surface area contributed by atoms with E-state index >= 15 is 0 Å². The maximum absolute atomic E-state index is 12.7. The standard InChI is InChI=1S/C7H2BrFN2O2/c8-7-4(3-10)1-5(9)2-6(7)11(12)13/h1-2H. The highest BCUT2D eigenvalue weighted by molar-refractivity contribution is 9.10. The molecule has 0 heterocycles. The van der Waals surface area contributed by atoms with E-state index in [-0.39, 0.29) is 10.0 Å². The quantitative estimate of drug-likeness (QED) is 0.563. The molecule has 13 heavy (non-hydrogen) atoms. The highest BCUT2D eigenvalue weighted by Crippen LogP contribution is 2.28. The molecular formula is C7H2BrFN2O2. The molecule has 0 spiro atoms. The molecule has 6 heteroatoms. The van der Waals surface area contributed by atoms with Gasteiger partial charge in [-0.05, 0) is 22.0 Å². The topological polar surface area (TPSA) is 66.9 Å². The molecule has 0 aliphatic rings. The average Bonchev–Trinajstić information content (AvgIpc) is 2.08. The summed E-state index contributed by atoms with van der Waals surface area (Å²) in [6.07, 6.45) is 0. The summed E-state index contributed by atoms with van der Waals surface area (Å²) < 4.78 is 12.7. The van der Waals surface area contributed by atoms with Crippen molar-refractivity contribution in [3.05, 3.63) is 38.1 Å². The van der Waals surface area contributed by atoms with E-state index < -0.39 is 16.4 Å². The molecule has 0 aliphatic carbocycles. The van der Waals surface area contributed by atoms with Crippen molar-refractivity contribution in [3.8, 4) is 6.07 Å². The number of nitrogens with zero attached hydrogens (tertiary/aromatic N) is 2. The van der Waals surface area contributed by atoms with E-state index in [1.807, 2.05) is 0 Å². The van der Waals surface area contributed by atoms with Gasteiger partial charge in [0.05, 0.1) is 16.6 Å². The predicted octanol–water partition coefficient (Wildman–Crippen LogP) is 2.37. The van der Waals surface area contributed by atoms with Gasteiger partial charge in [0.25, 0.3) is 5.69 Å². The van der Waals surface area contributed by atoms with Gasteiger partial charge in [0.2, 0.25) is 0 Å². The molecule has 1 aromatic rings. The summed E-state index contributed by atoms with van der Waals surface area (Å²) in [5, 5.41) is 18.8. The molecule has 4 nitrogen and oxygen atoms in total. The number of hydrogen-bond acceptors (Lipinski definition) is 3. The fourth-order valence-corrected chi connectivity index (χ4v) is 1.25. The third-order valence-corrected chi connectivity index (χ3v) is 2.17. The summed E-state index contributed by atoms with van der Waals surface area (Å²) in [4.78, 5) is 9.59. The van der Waals surface area contributed by atoms with Gasteiger partial charge in [0, 0.05) is 0 Å². The Morgan fingerprint density at radius 2 is 2.23 bits per heavy atom. The minimum Gasteiger partial charge on any atom is -0.258 e. The van der Waals surface area contributed by atoms with Crippen molar-refractivity contribution >= 4 is 21.6 Å². The molecule has 0 saturated heterocycles. The summed E-state index contributed by atoms with van der Waals surface area (Å²) in [5.41, 5.74) is -0.539. The third kappa shape index (κ3) is 1.81. The normalized spacial score (nSPS) is 9.31. The molecule has 0 bridgehead atoms. The summed E-state index contributed by atoms with van der Waals surface area (Å²) in [6, 6.07) is 3.32. The third-order valence-electron chi connectivity index (χ3n) is 1.34. The highest BCUT2D eigenvalue weighted by atomic mass is 79.9. The van der Waals surface area contributed by atoms with E-state index in [1.165, 1.54) is 0 Å². The molecule has 66 valence electrons. The smallest absolute Gasteiger partial charge is 0.258 e. The summed E-state index contributed by atoms with van der Waals surface area (Å²) in [6.45, 7) is 0. The van der Waals surface area contributed by atoms with E-state index in [2.05, 4.69) is 15.9 Å². The highest BCUT2D eigenvalue weighted by Gasteiger charge is 2.17. The number of nitriles is 1. The average molecular weight is 245 g/mol. The lowest BCUT2D eigenvalue weighted by Gasteiger charge is -1.97. The van der Waals surface area contributed by atoms with Gasteiger partial charge in [-0.25, -0.2) is 4.39 Å². The van der Waals surface area contributed by atoms with E-state index in [9.17, 15) is 14.5 Å². The van der Waals surface area contributed by atoms with Crippen molar-refractivity contribution in [1.82, 2.24) is 0 Å². The molecule has 0 fully saturated rings. The van der Waals surface area contributed by atoms with Crippen LogP contribution in [0.15, 0.2) is 16.6 Å². The van der Waals surface area contributed by atoms with Gasteiger partial charge in [-0.3, -0.25) is 10.1 Å². The SMILES string of the molecule is N#Cc1cc(F)cc([N+](=O)[O-])c1Br. The second-order valence-electron chi connectivity index (χ2n) is 2.16. The number of benzene rings is 1. The number of nitro benzene ring substituents is 1. The van der Waals surface area contributed by atoms with Gasteiger partial charge >= 0.3 is 0 Å². The van der Waals surface area contributed by atoms with Gasteiger partial charge < -0.3 is 0 Å². The molecule has 0 atom stereocenters. The number of halogens is 2. The first-order valence-electron chi connectivity index (χ1n) is 3.10. The second kappa shape index (κ2) is 3.49. The van der Waals surface area contributed by atoms with Gasteiger partial charge in [-0.15, -0.1) is 0 Å². The van der Waals surface area contributed by atoms with Crippen molar-refractivity contribution in [1.29, 1.82) is 5.26 Å². The Morgan fingerprint density at radius 1 is 1.62 bits per heavy atom. The van der Waals surface area contributed by atoms with E-state index in [4.69, 9.17) is 5.26 Å². The summed E-state index contributed by atoms with van der Waals surface area (Å²) in [5.74, 6) is -0.800. The lowest BCUT2D eigenvalue weighted by Crippen LogP contribution is -1.93. The molecule has 0 amide bonds. The van der Waals surface area contributed by atoms with Gasteiger partial charge in [-0.1, -0.05) is 0 Å². The van der Waals surface area contributed by atoms with Crippen LogP contribution < -0.4 is 0 Å². The Hall–Kier alpha value is -1.48. The van der Waals surface area contributed by atoms with Gasteiger partial charge in [0.1, 0.15) is 16.4 Å². The van der Waals surface area contributed by atoms with Crippen molar-refractivity contribution < 1.29 is 9.31 Å². The maximum Gasteiger partial charge on any atom is 0.287 e. The van der Waals surface area contributed by atoms with E-state index in [0.717, 1.165) is 12.1 Å². The fourth-order valence-electron chi connectivity index (χ4n) is 0.789. The van der Waals surface area contributed by atoms with Crippen LogP contribution in [-0.2, 0) is 0 Å². The zero-order valence-corrected chi connectivity index (χ0v) is 7.71. The maximum atomic E-state index is 12.7. The van der Waals surface area contributed by atoms with E-state index in [0.29, 0.717) is 0 Å². The van der Waals surface area contributed by atoms with Gasteiger partial charge in [-0.2, -0.15) is 5.26 Å². The Balaban J connectivity index is 3.47. The molecule has 0 N–H and O–H groups in total. The first kappa shape index (κ1) is 9.61. The number of nitro groups is 1. The molecule has 1 aromatic carbocycles. The zero-order valence-electron chi connectivity index (χ0n) is 6.12. The van der Waals surface area contributed by atoms with Crippen molar-refractivity contribution in [2.45, 2.75) is 0 Å². The minimum atomic E-state index is -0.800. The first-order valence-corrected chi connectivity index (χ1v) is 3.89. The zero-order chi connectivity index (χ0) is 10.0. The Kier molecular flexibility index (Phi) is 2.58. The van der Waals surface area contributed by atoms with Crippen LogP contribution in [0.2, 0.25) is 0 Å². The minimum absolute atomic E-state index is 0.00130. The summed E-state index contributed by atoms with van der Waals surface area (Å²) in [7, 11) is 0. The monoisotopic (exact) mass is 244 g/mol.